The first kappa shape index (κ1) is 16.1. The first-order chi connectivity index (χ1) is 8.76. The maximum atomic E-state index is 12.2. The number of H-pyrrole nitrogens is 1. The number of rotatable bonds is 7. The van der Waals surface area contributed by atoms with Crippen molar-refractivity contribution in [2.24, 2.45) is 5.41 Å². The average Bonchev–Trinajstić information content (AvgIpc) is 2.75. The smallest absolute Gasteiger partial charge is 0.257 e. The highest BCUT2D eigenvalue weighted by Crippen LogP contribution is 2.15. The van der Waals surface area contributed by atoms with Gasteiger partial charge in [-0.1, -0.05) is 27.7 Å². The zero-order valence-electron chi connectivity index (χ0n) is 12.1. The van der Waals surface area contributed by atoms with Crippen LogP contribution in [-0.4, -0.2) is 31.7 Å². The van der Waals surface area contributed by atoms with Gasteiger partial charge in [-0.3, -0.25) is 5.10 Å². The fraction of sp³-hybridized carbons (Fsp3) is 0.750. The Kier molecular flexibility index (Phi) is 5.51. The Morgan fingerprint density at radius 2 is 2.05 bits per heavy atom. The van der Waals surface area contributed by atoms with Crippen LogP contribution in [0.4, 0.5) is 0 Å². The molecule has 0 amide bonds. The van der Waals surface area contributed by atoms with Gasteiger partial charge in [0.2, 0.25) is 0 Å². The molecule has 3 N–H and O–H groups in total. The van der Waals surface area contributed by atoms with E-state index in [9.17, 15) is 8.42 Å². The molecule has 1 rings (SSSR count). The Bertz CT molecular complexity index is 488. The van der Waals surface area contributed by atoms with Gasteiger partial charge in [0.1, 0.15) is 0 Å². The van der Waals surface area contributed by atoms with Crippen LogP contribution < -0.4 is 10.0 Å². The number of hydrogen-bond acceptors (Lipinski definition) is 4. The third kappa shape index (κ3) is 5.30. The predicted molar refractivity (Wildman–Crippen MR) is 75.2 cm³/mol. The minimum atomic E-state index is -3.53. The van der Waals surface area contributed by atoms with Gasteiger partial charge < -0.3 is 5.32 Å². The summed E-state index contributed by atoms with van der Waals surface area (Å²) < 4.78 is 27.0. The third-order valence-electron chi connectivity index (χ3n) is 2.48. The maximum Gasteiger partial charge on any atom is 0.257 e. The molecular weight excluding hydrogens is 264 g/mol. The molecule has 110 valence electrons. The molecule has 1 aromatic heterocycles. The van der Waals surface area contributed by atoms with E-state index in [1.54, 1.807) is 6.20 Å². The minimum Gasteiger partial charge on any atom is -0.313 e. The summed E-state index contributed by atoms with van der Waals surface area (Å²) in [6.07, 6.45) is 2.55. The quantitative estimate of drug-likeness (QED) is 0.659. The lowest BCUT2D eigenvalue weighted by Gasteiger charge is -2.18. The topological polar surface area (TPSA) is 86.9 Å². The Morgan fingerprint density at radius 3 is 2.63 bits per heavy atom. The molecule has 0 unspecified atom stereocenters. The molecule has 0 saturated carbocycles. The standard InChI is InChI=1S/C12H24N4O2S/c1-5-6-13-7-10-8-14-16-11(10)19(17,18)15-9-12(2,3)4/h8,13,15H,5-7,9H2,1-4H3,(H,14,16). The van der Waals surface area contributed by atoms with Crippen molar-refractivity contribution >= 4 is 10.0 Å². The molecule has 6 nitrogen and oxygen atoms in total. The normalized spacial score (nSPS) is 12.8. The lowest BCUT2D eigenvalue weighted by atomic mass is 9.98. The van der Waals surface area contributed by atoms with Gasteiger partial charge in [0.25, 0.3) is 10.0 Å². The van der Waals surface area contributed by atoms with Gasteiger partial charge in [-0.25, -0.2) is 13.1 Å². The van der Waals surface area contributed by atoms with Crippen molar-refractivity contribution < 1.29 is 8.42 Å². The third-order valence-corrected chi connectivity index (χ3v) is 3.90. The van der Waals surface area contributed by atoms with E-state index in [-0.39, 0.29) is 10.4 Å². The summed E-state index contributed by atoms with van der Waals surface area (Å²) in [4.78, 5) is 0. The van der Waals surface area contributed by atoms with E-state index < -0.39 is 10.0 Å². The summed E-state index contributed by atoms with van der Waals surface area (Å²) in [5, 5.41) is 9.72. The van der Waals surface area contributed by atoms with Gasteiger partial charge in [0.05, 0.1) is 6.20 Å². The van der Waals surface area contributed by atoms with Crippen LogP contribution >= 0.6 is 0 Å². The van der Waals surface area contributed by atoms with E-state index in [0.717, 1.165) is 13.0 Å². The largest absolute Gasteiger partial charge is 0.313 e. The van der Waals surface area contributed by atoms with E-state index in [2.05, 4.69) is 27.2 Å². The predicted octanol–water partition coefficient (Wildman–Crippen LogP) is 1.23. The van der Waals surface area contributed by atoms with Crippen LogP contribution in [0, 0.1) is 5.41 Å². The van der Waals surface area contributed by atoms with Crippen molar-refractivity contribution in [3.63, 3.8) is 0 Å². The zero-order valence-corrected chi connectivity index (χ0v) is 12.9. The number of nitrogens with one attached hydrogen (secondary N) is 3. The first-order valence-electron chi connectivity index (χ1n) is 6.49. The fourth-order valence-electron chi connectivity index (χ4n) is 1.44. The van der Waals surface area contributed by atoms with Gasteiger partial charge in [-0.05, 0) is 18.4 Å². The highest BCUT2D eigenvalue weighted by atomic mass is 32.2. The Labute approximate surface area is 115 Å². The lowest BCUT2D eigenvalue weighted by molar-refractivity contribution is 0.407. The number of aromatic amines is 1. The summed E-state index contributed by atoms with van der Waals surface area (Å²) in [6, 6.07) is 0. The Morgan fingerprint density at radius 1 is 1.37 bits per heavy atom. The number of hydrogen-bond donors (Lipinski definition) is 3. The molecule has 0 saturated heterocycles. The molecule has 0 bridgehead atoms. The van der Waals surface area contributed by atoms with Crippen molar-refractivity contribution in [2.75, 3.05) is 13.1 Å². The van der Waals surface area contributed by atoms with Crippen molar-refractivity contribution in [1.82, 2.24) is 20.2 Å². The van der Waals surface area contributed by atoms with Gasteiger partial charge >= 0.3 is 0 Å². The van der Waals surface area contributed by atoms with E-state index in [0.29, 0.717) is 18.7 Å². The van der Waals surface area contributed by atoms with Crippen molar-refractivity contribution in [3.05, 3.63) is 11.8 Å². The van der Waals surface area contributed by atoms with Crippen LogP contribution in [0.25, 0.3) is 0 Å². The second kappa shape index (κ2) is 6.49. The van der Waals surface area contributed by atoms with Crippen LogP contribution in [0.2, 0.25) is 0 Å². The summed E-state index contributed by atoms with van der Waals surface area (Å²) >= 11 is 0. The van der Waals surface area contributed by atoms with Crippen molar-refractivity contribution in [3.8, 4) is 0 Å². The maximum absolute atomic E-state index is 12.2. The summed E-state index contributed by atoms with van der Waals surface area (Å²) in [5.74, 6) is 0. The highest BCUT2D eigenvalue weighted by Gasteiger charge is 2.22. The average molecular weight is 288 g/mol. The van der Waals surface area contributed by atoms with E-state index in [1.165, 1.54) is 0 Å². The molecule has 0 aliphatic rings. The van der Waals surface area contributed by atoms with Crippen LogP contribution in [0.15, 0.2) is 11.2 Å². The van der Waals surface area contributed by atoms with Crippen LogP contribution in [0.5, 0.6) is 0 Å². The highest BCUT2D eigenvalue weighted by molar-refractivity contribution is 7.89. The molecular formula is C12H24N4O2S. The van der Waals surface area contributed by atoms with Crippen molar-refractivity contribution in [1.29, 1.82) is 0 Å². The SMILES string of the molecule is CCCNCc1cn[nH]c1S(=O)(=O)NCC(C)(C)C. The second-order valence-corrected chi connectivity index (χ2v) is 7.49. The van der Waals surface area contributed by atoms with E-state index in [4.69, 9.17) is 0 Å². The number of aromatic nitrogens is 2. The minimum absolute atomic E-state index is 0.103. The first-order valence-corrected chi connectivity index (χ1v) is 7.97. The Hall–Kier alpha value is -0.920. The zero-order chi connectivity index (χ0) is 14.5. The van der Waals surface area contributed by atoms with E-state index in [1.807, 2.05) is 20.8 Å². The molecule has 0 aliphatic heterocycles. The Balaban J connectivity index is 2.75. The molecule has 0 aliphatic carbocycles. The van der Waals surface area contributed by atoms with Gasteiger partial charge in [-0.15, -0.1) is 0 Å². The summed E-state index contributed by atoms with van der Waals surface area (Å²) in [7, 11) is -3.53. The monoisotopic (exact) mass is 288 g/mol. The lowest BCUT2D eigenvalue weighted by Crippen LogP contribution is -2.33. The van der Waals surface area contributed by atoms with Crippen LogP contribution in [0.3, 0.4) is 0 Å². The molecule has 0 aromatic carbocycles. The number of sulfonamides is 1. The fourth-order valence-corrected chi connectivity index (χ4v) is 2.85. The molecule has 0 fully saturated rings. The molecule has 1 aromatic rings. The molecule has 0 radical (unpaired) electrons. The van der Waals surface area contributed by atoms with Gasteiger partial charge in [0.15, 0.2) is 5.03 Å². The molecule has 19 heavy (non-hydrogen) atoms. The van der Waals surface area contributed by atoms with Gasteiger partial charge in [-0.2, -0.15) is 5.10 Å². The summed E-state index contributed by atoms with van der Waals surface area (Å²) in [6.45, 7) is 9.72. The van der Waals surface area contributed by atoms with Crippen LogP contribution in [0.1, 0.15) is 39.7 Å². The molecule has 0 spiro atoms. The second-order valence-electron chi connectivity index (χ2n) is 5.79. The summed E-state index contributed by atoms with van der Waals surface area (Å²) in [5.41, 5.74) is 0.558. The van der Waals surface area contributed by atoms with E-state index >= 15 is 0 Å². The van der Waals surface area contributed by atoms with Crippen molar-refractivity contribution in [2.45, 2.75) is 45.7 Å². The molecule has 0 atom stereocenters. The molecule has 1 heterocycles. The van der Waals surface area contributed by atoms with Crippen LogP contribution in [-0.2, 0) is 16.6 Å². The molecule has 7 heteroatoms. The van der Waals surface area contributed by atoms with Gasteiger partial charge in [0, 0.05) is 18.7 Å². The number of nitrogens with zero attached hydrogens (tertiary/aromatic N) is 1.